The Morgan fingerprint density at radius 3 is 2.66 bits per heavy atom. The van der Waals surface area contributed by atoms with E-state index in [2.05, 4.69) is 11.8 Å². The Kier molecular flexibility index (Phi) is 6.51. The number of carbonyl (C=O) groups excluding carboxylic acids is 1. The summed E-state index contributed by atoms with van der Waals surface area (Å²) in [5, 5.41) is 0. The van der Waals surface area contributed by atoms with E-state index in [1.807, 2.05) is 50.2 Å². The Morgan fingerprint density at radius 1 is 1.14 bits per heavy atom. The second kappa shape index (κ2) is 9.59. The third kappa shape index (κ3) is 4.52. The van der Waals surface area contributed by atoms with E-state index >= 15 is 0 Å². The summed E-state index contributed by atoms with van der Waals surface area (Å²) in [7, 11) is 0. The molecule has 2 fully saturated rings. The van der Waals surface area contributed by atoms with E-state index in [-0.39, 0.29) is 17.5 Å². The molecule has 0 bridgehead atoms. The number of aromatic nitrogens is 2. The summed E-state index contributed by atoms with van der Waals surface area (Å²) >= 11 is 6.80. The molecule has 1 aromatic carbocycles. The van der Waals surface area contributed by atoms with Crippen LogP contribution < -0.4 is 10.5 Å². The van der Waals surface area contributed by atoms with Gasteiger partial charge >= 0.3 is 0 Å². The number of benzene rings is 1. The number of hydrogen-bond donors (Lipinski definition) is 0. The van der Waals surface area contributed by atoms with Crippen molar-refractivity contribution in [1.82, 2.24) is 14.3 Å². The lowest BCUT2D eigenvalue weighted by Gasteiger charge is -2.35. The smallest absolute Gasteiger partial charge is 0.267 e. The van der Waals surface area contributed by atoms with Crippen LogP contribution in [0.25, 0.3) is 11.7 Å². The molecule has 0 spiro atoms. The summed E-state index contributed by atoms with van der Waals surface area (Å²) in [6.45, 7) is 7.41. The van der Waals surface area contributed by atoms with Crippen molar-refractivity contribution in [3.05, 3.63) is 80.1 Å². The van der Waals surface area contributed by atoms with Crippen LogP contribution in [-0.2, 0) is 11.3 Å². The predicted molar refractivity (Wildman–Crippen MR) is 147 cm³/mol. The van der Waals surface area contributed by atoms with Crippen LogP contribution in [0.3, 0.4) is 0 Å². The molecule has 3 aromatic rings. The third-order valence-corrected chi connectivity index (χ3v) is 8.13. The molecule has 180 valence electrons. The van der Waals surface area contributed by atoms with Crippen LogP contribution in [0.1, 0.15) is 48.4 Å². The fourth-order valence-corrected chi connectivity index (χ4v) is 5.94. The van der Waals surface area contributed by atoms with Gasteiger partial charge in [-0.1, -0.05) is 59.9 Å². The first kappa shape index (κ1) is 23.8. The Hall–Kier alpha value is -2.97. The second-order valence-electron chi connectivity index (χ2n) is 9.33. The van der Waals surface area contributed by atoms with Crippen molar-refractivity contribution in [3.8, 4) is 0 Å². The van der Waals surface area contributed by atoms with Gasteiger partial charge in [-0.25, -0.2) is 4.98 Å². The zero-order valence-electron chi connectivity index (χ0n) is 20.2. The van der Waals surface area contributed by atoms with Gasteiger partial charge in [0, 0.05) is 18.8 Å². The molecule has 0 radical (unpaired) electrons. The lowest BCUT2D eigenvalue weighted by atomic mass is 10.0. The minimum absolute atomic E-state index is 0.171. The third-order valence-electron chi connectivity index (χ3n) is 6.75. The van der Waals surface area contributed by atoms with E-state index in [1.54, 1.807) is 21.6 Å². The van der Waals surface area contributed by atoms with Gasteiger partial charge in [0.2, 0.25) is 0 Å². The van der Waals surface area contributed by atoms with Gasteiger partial charge in [0.1, 0.15) is 15.8 Å². The summed E-state index contributed by atoms with van der Waals surface area (Å²) < 4.78 is 2.08. The summed E-state index contributed by atoms with van der Waals surface area (Å²) in [4.78, 5) is 36.3. The fourth-order valence-electron chi connectivity index (χ4n) is 4.70. The molecule has 0 N–H and O–H groups in total. The number of hydrogen-bond acceptors (Lipinski definition) is 6. The van der Waals surface area contributed by atoms with Gasteiger partial charge in [-0.2, -0.15) is 0 Å². The average molecular weight is 505 g/mol. The first-order chi connectivity index (χ1) is 16.8. The van der Waals surface area contributed by atoms with Crippen LogP contribution >= 0.6 is 24.0 Å². The number of amides is 1. The molecule has 1 amide bonds. The van der Waals surface area contributed by atoms with E-state index in [4.69, 9.17) is 17.2 Å². The number of carbonyl (C=O) groups is 1. The number of pyridine rings is 1. The maximum atomic E-state index is 13.7. The highest BCUT2D eigenvalue weighted by Gasteiger charge is 2.33. The monoisotopic (exact) mass is 504 g/mol. The van der Waals surface area contributed by atoms with Crippen LogP contribution in [0.2, 0.25) is 0 Å². The molecule has 5 rings (SSSR count). The van der Waals surface area contributed by atoms with Gasteiger partial charge in [0.05, 0.1) is 17.0 Å². The summed E-state index contributed by atoms with van der Waals surface area (Å²) in [6, 6.07) is 12.1. The van der Waals surface area contributed by atoms with E-state index in [0.29, 0.717) is 32.8 Å². The molecule has 2 saturated heterocycles. The Bertz CT molecular complexity index is 1410. The molecule has 0 saturated carbocycles. The lowest BCUT2D eigenvalue weighted by Crippen LogP contribution is -2.40. The SMILES string of the molecule is Cc1ccc(CN2C(=O)/C(=C\c3c(N4CCCCC4C)nc4c(C)cccn4c3=O)SC2=S)cc1. The fraction of sp³-hybridized carbons (Fsp3) is 0.333. The molecule has 0 aliphatic carbocycles. The van der Waals surface area contributed by atoms with Crippen molar-refractivity contribution in [2.75, 3.05) is 11.4 Å². The van der Waals surface area contributed by atoms with Crippen molar-refractivity contribution < 1.29 is 4.79 Å². The predicted octanol–water partition coefficient (Wildman–Crippen LogP) is 5.09. The van der Waals surface area contributed by atoms with Crippen molar-refractivity contribution in [1.29, 1.82) is 0 Å². The zero-order chi connectivity index (χ0) is 24.7. The number of anilines is 1. The molecule has 2 aliphatic heterocycles. The first-order valence-corrected chi connectivity index (χ1v) is 13.2. The van der Waals surface area contributed by atoms with Crippen LogP contribution in [0.5, 0.6) is 0 Å². The average Bonchev–Trinajstić information content (AvgIpc) is 3.10. The maximum absolute atomic E-state index is 13.7. The number of nitrogens with zero attached hydrogens (tertiary/aromatic N) is 4. The maximum Gasteiger partial charge on any atom is 0.267 e. The van der Waals surface area contributed by atoms with Crippen molar-refractivity contribution in [2.24, 2.45) is 0 Å². The van der Waals surface area contributed by atoms with Crippen molar-refractivity contribution >= 4 is 51.7 Å². The largest absolute Gasteiger partial charge is 0.353 e. The van der Waals surface area contributed by atoms with E-state index in [9.17, 15) is 9.59 Å². The molecule has 4 heterocycles. The molecular weight excluding hydrogens is 476 g/mol. The highest BCUT2D eigenvalue weighted by atomic mass is 32.2. The van der Waals surface area contributed by atoms with Gasteiger partial charge in [-0.15, -0.1) is 0 Å². The summed E-state index contributed by atoms with van der Waals surface area (Å²) in [5.74, 6) is 0.479. The number of piperidine rings is 1. The van der Waals surface area contributed by atoms with Crippen molar-refractivity contribution in [2.45, 2.75) is 52.6 Å². The molecule has 1 atom stereocenters. The highest BCUT2D eigenvalue weighted by Crippen LogP contribution is 2.35. The highest BCUT2D eigenvalue weighted by molar-refractivity contribution is 8.26. The standard InChI is InChI=1S/C27H28N4O2S2/c1-17-9-11-20(12-10-17)16-31-26(33)22(35-27(31)34)15-21-24(29-13-5-4-8-19(29)3)28-23-18(2)7-6-14-30(23)25(21)32/h6-7,9-12,14-15,19H,4-5,8,13,16H2,1-3H3/b22-15+. The molecule has 1 unspecified atom stereocenters. The molecule has 6 nitrogen and oxygen atoms in total. The quantitative estimate of drug-likeness (QED) is 0.364. The number of fused-ring (bicyclic) bond motifs is 1. The minimum atomic E-state index is -0.174. The second-order valence-corrected chi connectivity index (χ2v) is 11.0. The normalized spacial score (nSPS) is 19.9. The number of thioether (sulfide) groups is 1. The van der Waals surface area contributed by atoms with E-state index in [0.717, 1.165) is 42.5 Å². The number of thiocarbonyl (C=S) groups is 1. The summed E-state index contributed by atoms with van der Waals surface area (Å²) in [6.07, 6.45) is 6.71. The van der Waals surface area contributed by atoms with E-state index in [1.165, 1.54) is 11.8 Å². The summed E-state index contributed by atoms with van der Waals surface area (Å²) in [5.41, 5.74) is 4.03. The Morgan fingerprint density at radius 2 is 1.91 bits per heavy atom. The van der Waals surface area contributed by atoms with Crippen LogP contribution in [0, 0.1) is 13.8 Å². The molecule has 35 heavy (non-hydrogen) atoms. The number of aryl methyl sites for hydroxylation is 2. The van der Waals surface area contributed by atoms with Gasteiger partial charge in [0.15, 0.2) is 0 Å². The molecule has 2 aliphatic rings. The van der Waals surface area contributed by atoms with Gasteiger partial charge < -0.3 is 4.90 Å². The minimum Gasteiger partial charge on any atom is -0.353 e. The van der Waals surface area contributed by atoms with Gasteiger partial charge in [-0.3, -0.25) is 18.9 Å². The van der Waals surface area contributed by atoms with Gasteiger partial charge in [-0.05, 0) is 63.3 Å². The topological polar surface area (TPSA) is 57.9 Å². The molecule has 8 heteroatoms. The first-order valence-electron chi connectivity index (χ1n) is 11.9. The van der Waals surface area contributed by atoms with Crippen molar-refractivity contribution in [3.63, 3.8) is 0 Å². The number of rotatable bonds is 4. The van der Waals surface area contributed by atoms with Crippen LogP contribution in [-0.4, -0.2) is 37.1 Å². The Balaban J connectivity index is 1.59. The van der Waals surface area contributed by atoms with Gasteiger partial charge in [0.25, 0.3) is 11.5 Å². The molecule has 2 aromatic heterocycles. The van der Waals surface area contributed by atoms with Crippen LogP contribution in [0.15, 0.2) is 52.3 Å². The Labute approximate surface area is 214 Å². The zero-order valence-corrected chi connectivity index (χ0v) is 21.8. The molecular formula is C27H28N4O2S2. The van der Waals surface area contributed by atoms with E-state index < -0.39 is 0 Å². The lowest BCUT2D eigenvalue weighted by molar-refractivity contribution is -0.122. The van der Waals surface area contributed by atoms with Crippen LogP contribution in [0.4, 0.5) is 5.82 Å².